The van der Waals surface area contributed by atoms with Crippen LogP contribution < -0.4 is 5.32 Å². The molecule has 4 aromatic rings. The quantitative estimate of drug-likeness (QED) is 0.490. The highest BCUT2D eigenvalue weighted by Gasteiger charge is 2.33. The molecule has 1 aromatic heterocycles. The van der Waals surface area contributed by atoms with Crippen LogP contribution in [0.2, 0.25) is 0 Å². The van der Waals surface area contributed by atoms with Gasteiger partial charge in [0, 0.05) is 11.1 Å². The van der Waals surface area contributed by atoms with E-state index in [2.05, 4.69) is 35.7 Å². The molecule has 0 aliphatic carbocycles. The molecule has 0 radical (unpaired) electrons. The van der Waals surface area contributed by atoms with Crippen molar-refractivity contribution in [3.05, 3.63) is 107 Å². The van der Waals surface area contributed by atoms with E-state index < -0.39 is 0 Å². The lowest BCUT2D eigenvalue weighted by atomic mass is 9.94. The highest BCUT2D eigenvalue weighted by atomic mass is 16.2. The summed E-state index contributed by atoms with van der Waals surface area (Å²) < 4.78 is 0. The van der Waals surface area contributed by atoms with Crippen LogP contribution in [0.15, 0.2) is 84.9 Å². The van der Waals surface area contributed by atoms with Crippen molar-refractivity contribution < 1.29 is 4.79 Å². The lowest BCUT2D eigenvalue weighted by Crippen LogP contribution is -2.14. The van der Waals surface area contributed by atoms with Crippen LogP contribution in [0.5, 0.6) is 0 Å². The molecule has 1 aliphatic rings. The summed E-state index contributed by atoms with van der Waals surface area (Å²) in [6.45, 7) is 0. The largest absolute Gasteiger partial charge is 0.325 e. The summed E-state index contributed by atoms with van der Waals surface area (Å²) in [6, 6.07) is 28.2. The molecular formula is C25H18N2O. The summed E-state index contributed by atoms with van der Waals surface area (Å²) in [7, 11) is 0. The second-order valence-electron chi connectivity index (χ2n) is 6.94. The molecule has 1 aliphatic heterocycles. The molecule has 2 heterocycles. The Morgan fingerprint density at radius 1 is 0.786 bits per heavy atom. The van der Waals surface area contributed by atoms with E-state index in [0.717, 1.165) is 39.0 Å². The SMILES string of the molecule is O=C1Nc2ccc(/C=C/c3ccccc3)cc2C1c1ccc2ccccc2n1. The average Bonchev–Trinajstić information content (AvgIpc) is 3.07. The Balaban J connectivity index is 1.53. The number of carbonyl (C=O) groups is 1. The zero-order chi connectivity index (χ0) is 18.9. The van der Waals surface area contributed by atoms with Gasteiger partial charge in [-0.25, -0.2) is 0 Å². The van der Waals surface area contributed by atoms with Crippen LogP contribution in [0.4, 0.5) is 5.69 Å². The first-order chi connectivity index (χ1) is 13.8. The number of aromatic nitrogens is 1. The van der Waals surface area contributed by atoms with Gasteiger partial charge in [-0.1, -0.05) is 72.8 Å². The number of hydrogen-bond donors (Lipinski definition) is 1. The molecule has 134 valence electrons. The third kappa shape index (κ3) is 2.97. The van der Waals surface area contributed by atoms with Gasteiger partial charge in [-0.15, -0.1) is 0 Å². The number of amides is 1. The van der Waals surface area contributed by atoms with Crippen LogP contribution in [0.25, 0.3) is 23.1 Å². The first kappa shape index (κ1) is 16.5. The molecule has 0 spiro atoms. The molecule has 3 aromatic carbocycles. The molecule has 1 N–H and O–H groups in total. The Morgan fingerprint density at radius 2 is 1.57 bits per heavy atom. The summed E-state index contributed by atoms with van der Waals surface area (Å²) >= 11 is 0. The van der Waals surface area contributed by atoms with Crippen molar-refractivity contribution in [3.8, 4) is 0 Å². The second-order valence-corrected chi connectivity index (χ2v) is 6.94. The number of rotatable bonds is 3. The maximum absolute atomic E-state index is 12.7. The number of carbonyl (C=O) groups excluding carboxylic acids is 1. The van der Waals surface area contributed by atoms with Gasteiger partial charge in [-0.3, -0.25) is 9.78 Å². The standard InChI is InChI=1S/C25H18N2O/c28-25-24(23-15-13-19-8-4-5-9-21(19)26-23)20-16-18(12-14-22(20)27-25)11-10-17-6-2-1-3-7-17/h1-16,24H,(H,27,28)/b11-10+. The Bertz CT molecular complexity index is 1210. The first-order valence-corrected chi connectivity index (χ1v) is 9.31. The Labute approximate surface area is 163 Å². The topological polar surface area (TPSA) is 42.0 Å². The van der Waals surface area contributed by atoms with Gasteiger partial charge in [0.05, 0.1) is 11.2 Å². The van der Waals surface area contributed by atoms with Crippen molar-refractivity contribution in [1.82, 2.24) is 4.98 Å². The zero-order valence-electron chi connectivity index (χ0n) is 15.2. The average molecular weight is 362 g/mol. The fraction of sp³-hybridized carbons (Fsp3) is 0.0400. The first-order valence-electron chi connectivity index (χ1n) is 9.31. The van der Waals surface area contributed by atoms with Crippen LogP contribution in [-0.4, -0.2) is 10.9 Å². The molecule has 28 heavy (non-hydrogen) atoms. The smallest absolute Gasteiger partial charge is 0.238 e. The van der Waals surface area contributed by atoms with Gasteiger partial charge in [-0.2, -0.15) is 0 Å². The molecule has 0 fully saturated rings. The van der Waals surface area contributed by atoms with Crippen LogP contribution in [0.3, 0.4) is 0 Å². The van der Waals surface area contributed by atoms with Gasteiger partial charge in [0.2, 0.25) is 5.91 Å². The number of pyridine rings is 1. The molecule has 0 saturated heterocycles. The fourth-order valence-electron chi connectivity index (χ4n) is 3.68. The van der Waals surface area contributed by atoms with Gasteiger partial charge in [0.1, 0.15) is 5.92 Å². The highest BCUT2D eigenvalue weighted by Crippen LogP contribution is 2.37. The van der Waals surface area contributed by atoms with E-state index in [4.69, 9.17) is 4.98 Å². The third-order valence-electron chi connectivity index (χ3n) is 5.09. The summed E-state index contributed by atoms with van der Waals surface area (Å²) in [5.74, 6) is -0.411. The minimum absolute atomic E-state index is 0.0260. The lowest BCUT2D eigenvalue weighted by molar-refractivity contribution is -0.116. The molecule has 5 rings (SSSR count). The maximum Gasteiger partial charge on any atom is 0.238 e. The van der Waals surface area contributed by atoms with Crippen LogP contribution >= 0.6 is 0 Å². The van der Waals surface area contributed by atoms with Gasteiger partial charge in [0.25, 0.3) is 0 Å². The van der Waals surface area contributed by atoms with Crippen molar-refractivity contribution in [2.45, 2.75) is 5.92 Å². The number of nitrogens with zero attached hydrogens (tertiary/aromatic N) is 1. The van der Waals surface area contributed by atoms with E-state index in [-0.39, 0.29) is 11.8 Å². The zero-order valence-corrected chi connectivity index (χ0v) is 15.2. The molecule has 3 nitrogen and oxygen atoms in total. The Kier molecular flexibility index (Phi) is 3.99. The maximum atomic E-state index is 12.7. The second kappa shape index (κ2) is 6.78. The number of anilines is 1. The molecule has 1 unspecified atom stereocenters. The summed E-state index contributed by atoms with van der Waals surface area (Å²) in [5, 5.41) is 4.07. The van der Waals surface area contributed by atoms with E-state index in [0.29, 0.717) is 0 Å². The number of para-hydroxylation sites is 1. The normalized spacial score (nSPS) is 15.7. The molecule has 1 amide bonds. The molecule has 3 heteroatoms. The van der Waals surface area contributed by atoms with Crippen molar-refractivity contribution in [2.75, 3.05) is 5.32 Å². The number of fused-ring (bicyclic) bond motifs is 2. The molecule has 0 bridgehead atoms. The van der Waals surface area contributed by atoms with E-state index >= 15 is 0 Å². The molecule has 0 saturated carbocycles. The van der Waals surface area contributed by atoms with Crippen molar-refractivity contribution >= 4 is 34.6 Å². The van der Waals surface area contributed by atoms with Gasteiger partial charge in [0.15, 0.2) is 0 Å². The van der Waals surface area contributed by atoms with Gasteiger partial charge < -0.3 is 5.32 Å². The Morgan fingerprint density at radius 3 is 2.46 bits per heavy atom. The third-order valence-corrected chi connectivity index (χ3v) is 5.09. The van der Waals surface area contributed by atoms with E-state index in [9.17, 15) is 4.79 Å². The number of nitrogens with one attached hydrogen (secondary N) is 1. The van der Waals surface area contributed by atoms with Crippen LogP contribution in [-0.2, 0) is 4.79 Å². The number of hydrogen-bond acceptors (Lipinski definition) is 2. The van der Waals surface area contributed by atoms with Crippen LogP contribution in [0, 0.1) is 0 Å². The Hall–Kier alpha value is -3.72. The van der Waals surface area contributed by atoms with E-state index in [1.807, 2.05) is 66.7 Å². The van der Waals surface area contributed by atoms with Gasteiger partial charge in [-0.05, 0) is 41.0 Å². The van der Waals surface area contributed by atoms with Crippen molar-refractivity contribution in [1.29, 1.82) is 0 Å². The van der Waals surface area contributed by atoms with Crippen molar-refractivity contribution in [2.24, 2.45) is 0 Å². The summed E-state index contributed by atoms with van der Waals surface area (Å²) in [6.07, 6.45) is 4.15. The monoisotopic (exact) mass is 362 g/mol. The minimum atomic E-state index is -0.385. The predicted octanol–water partition coefficient (Wildman–Crippen LogP) is 5.49. The number of benzene rings is 3. The van der Waals surface area contributed by atoms with E-state index in [1.165, 1.54) is 0 Å². The summed E-state index contributed by atoms with van der Waals surface area (Å²) in [5.41, 5.74) is 5.72. The van der Waals surface area contributed by atoms with Crippen molar-refractivity contribution in [3.63, 3.8) is 0 Å². The predicted molar refractivity (Wildman–Crippen MR) is 114 cm³/mol. The molecular weight excluding hydrogens is 344 g/mol. The summed E-state index contributed by atoms with van der Waals surface area (Å²) in [4.78, 5) is 17.4. The minimum Gasteiger partial charge on any atom is -0.325 e. The van der Waals surface area contributed by atoms with Crippen LogP contribution in [0.1, 0.15) is 28.3 Å². The lowest BCUT2D eigenvalue weighted by Gasteiger charge is -2.10. The fourth-order valence-corrected chi connectivity index (χ4v) is 3.68. The highest BCUT2D eigenvalue weighted by molar-refractivity contribution is 6.05. The molecule has 1 atom stereocenters. The van der Waals surface area contributed by atoms with E-state index in [1.54, 1.807) is 0 Å². The van der Waals surface area contributed by atoms with Gasteiger partial charge >= 0.3 is 0 Å².